The molecule has 1 fully saturated rings. The van der Waals surface area contributed by atoms with Gasteiger partial charge in [-0.2, -0.15) is 5.10 Å². The summed E-state index contributed by atoms with van der Waals surface area (Å²) >= 11 is 0. The van der Waals surface area contributed by atoms with Crippen molar-refractivity contribution < 1.29 is 38.3 Å². The van der Waals surface area contributed by atoms with E-state index in [0.29, 0.717) is 4.68 Å². The van der Waals surface area contributed by atoms with Crippen LogP contribution in [0.5, 0.6) is 5.75 Å². The molecule has 174 valence electrons. The smallest absolute Gasteiger partial charge is 0.277 e. The summed E-state index contributed by atoms with van der Waals surface area (Å²) in [5, 5.41) is 3.95. The van der Waals surface area contributed by atoms with Crippen molar-refractivity contribution in [3.05, 3.63) is 65.3 Å². The Morgan fingerprint density at radius 3 is 2.29 bits per heavy atom. The third-order valence-corrected chi connectivity index (χ3v) is 4.96. The number of ether oxygens (including phenoxy) is 1. The van der Waals surface area contributed by atoms with Crippen molar-refractivity contribution in [2.75, 3.05) is 29.9 Å². The zero-order valence-corrected chi connectivity index (χ0v) is 17.6. The third kappa shape index (κ3) is 3.68. The summed E-state index contributed by atoms with van der Waals surface area (Å²) in [4.78, 5) is 40.1. The number of aromatic nitrogens is 2. The molecule has 2 N–H and O–H groups in total. The predicted octanol–water partition coefficient (Wildman–Crippen LogP) is 2.70. The molecular formula is C25H25N5O4. The minimum Gasteiger partial charge on any atom is -0.497 e. The topological polar surface area (TPSA) is 111 Å². The fourth-order valence-corrected chi connectivity index (χ4v) is 3.41. The second-order valence-electron chi connectivity index (χ2n) is 6.98. The lowest BCUT2D eigenvalue weighted by molar-refractivity contribution is -0.119. The first-order valence-electron chi connectivity index (χ1n) is 16.9. The number of piperidine rings is 1. The zero-order valence-electron chi connectivity index (χ0n) is 31.6. The lowest BCUT2D eigenvalue weighted by atomic mass is 10.0. The van der Waals surface area contributed by atoms with Crippen LogP contribution in [0.1, 0.15) is 64.9 Å². The van der Waals surface area contributed by atoms with Crippen LogP contribution in [0.25, 0.3) is 5.69 Å². The highest BCUT2D eigenvalue weighted by Crippen LogP contribution is 2.31. The van der Waals surface area contributed by atoms with Gasteiger partial charge < -0.3 is 20.3 Å². The van der Waals surface area contributed by atoms with Crippen molar-refractivity contribution in [1.82, 2.24) is 9.78 Å². The highest BCUT2D eigenvalue weighted by atomic mass is 16.5. The lowest BCUT2D eigenvalue weighted by Gasteiger charge is -2.29. The molecule has 3 aromatic rings. The Morgan fingerprint density at radius 1 is 1.00 bits per heavy atom. The number of rotatable bonds is 5. The number of carbonyl (C=O) groups excluding carboxylic acids is 3. The average Bonchev–Trinajstić information content (AvgIpc) is 3.35. The van der Waals surface area contributed by atoms with Crippen LogP contribution < -0.4 is 20.3 Å². The van der Waals surface area contributed by atoms with E-state index in [4.69, 9.17) is 29.7 Å². The number of amides is 3. The number of methoxy groups -OCH3 is 1. The molecule has 0 spiro atoms. The summed E-state index contributed by atoms with van der Waals surface area (Å²) < 4.78 is 124. The van der Waals surface area contributed by atoms with E-state index in [0.717, 1.165) is 7.11 Å². The first kappa shape index (κ1) is 10.9. The monoisotopic (exact) mass is 473 g/mol. The van der Waals surface area contributed by atoms with Crippen LogP contribution >= 0.6 is 0 Å². The number of primary amides is 1. The maximum absolute atomic E-state index is 14.3. The van der Waals surface area contributed by atoms with Crippen molar-refractivity contribution >= 4 is 29.1 Å². The molecule has 2 aromatic carbocycles. The molecule has 0 radical (unpaired) electrons. The maximum Gasteiger partial charge on any atom is 0.277 e. The quantitative estimate of drug-likeness (QED) is 0.613. The highest BCUT2D eigenvalue weighted by Gasteiger charge is 2.34. The van der Waals surface area contributed by atoms with Gasteiger partial charge in [0.1, 0.15) is 11.4 Å². The van der Waals surface area contributed by atoms with E-state index in [9.17, 15) is 14.4 Å². The number of nitrogens with two attached hydrogens (primary N) is 1. The van der Waals surface area contributed by atoms with Gasteiger partial charge in [0.05, 0.1) is 26.5 Å². The summed E-state index contributed by atoms with van der Waals surface area (Å²) in [5.74, 6) is -4.63. The third-order valence-electron chi connectivity index (χ3n) is 4.96. The Labute approximate surface area is 216 Å². The van der Waals surface area contributed by atoms with Crippen molar-refractivity contribution in [1.29, 1.82) is 0 Å². The van der Waals surface area contributed by atoms with E-state index in [1.54, 1.807) is 0 Å². The standard InChI is InChI=1S/C25H25N5O4/c1-34-19-11-9-18(10-12-19)30-23-20(22(27-30)24(26)32)13-15-29(25(23)33)17-7-5-16(6-8-17)28-14-3-2-4-21(28)31/h5-12H,2-4,13-15H2,1H3,(H2,26,32)/i4D2,5D,6D,7D,8D,9D,10D,11D,12D,14D2,15D2. The number of fused-ring (bicyclic) bond motifs is 1. The van der Waals surface area contributed by atoms with Gasteiger partial charge in [-0.1, -0.05) is 0 Å². The molecule has 1 saturated heterocycles. The van der Waals surface area contributed by atoms with Gasteiger partial charge in [0, 0.05) is 41.8 Å². The molecule has 0 aliphatic carbocycles. The van der Waals surface area contributed by atoms with Crippen LogP contribution in [0.3, 0.4) is 0 Å². The molecule has 3 heterocycles. The molecule has 34 heavy (non-hydrogen) atoms. The Hall–Kier alpha value is -4.14. The summed E-state index contributed by atoms with van der Waals surface area (Å²) in [5.41, 5.74) is 1.09. The summed E-state index contributed by atoms with van der Waals surface area (Å²) in [6.45, 7) is -5.58. The summed E-state index contributed by atoms with van der Waals surface area (Å²) in [7, 11) is 1.10. The average molecular weight is 474 g/mol. The summed E-state index contributed by atoms with van der Waals surface area (Å²) in [6.07, 6.45) is -4.61. The number of hydrogen-bond acceptors (Lipinski definition) is 5. The number of hydrogen-bond donors (Lipinski definition) is 1. The Bertz CT molecular complexity index is 1910. The molecule has 0 bridgehead atoms. The second kappa shape index (κ2) is 8.66. The van der Waals surface area contributed by atoms with Crippen molar-refractivity contribution in [2.45, 2.75) is 25.6 Å². The molecule has 5 rings (SSSR count). The number of benzene rings is 2. The van der Waals surface area contributed by atoms with Crippen LogP contribution in [0, 0.1) is 0 Å². The molecule has 0 unspecified atom stereocenters. The first-order valence-corrected chi connectivity index (χ1v) is 9.89. The molecule has 1 aromatic heterocycles. The van der Waals surface area contributed by atoms with Crippen molar-refractivity contribution in [3.8, 4) is 11.4 Å². The van der Waals surface area contributed by atoms with Gasteiger partial charge in [-0.05, 0) is 67.6 Å². The number of anilines is 2. The van der Waals surface area contributed by atoms with E-state index in [1.807, 2.05) is 0 Å². The molecule has 0 saturated carbocycles. The normalized spacial score (nSPS) is 26.3. The fraction of sp³-hybridized carbons (Fsp3) is 0.280. The van der Waals surface area contributed by atoms with E-state index in [2.05, 4.69) is 5.10 Å². The second-order valence-corrected chi connectivity index (χ2v) is 6.98. The lowest BCUT2D eigenvalue weighted by Crippen LogP contribution is -2.39. The molecule has 0 atom stereocenters. The van der Waals surface area contributed by atoms with Crippen LogP contribution in [0.2, 0.25) is 0 Å². The van der Waals surface area contributed by atoms with Gasteiger partial charge in [0.15, 0.2) is 5.69 Å². The number of carbonyl (C=O) groups is 3. The maximum atomic E-state index is 14.3. The van der Waals surface area contributed by atoms with Gasteiger partial charge in [0.25, 0.3) is 11.8 Å². The van der Waals surface area contributed by atoms with Crippen molar-refractivity contribution in [3.63, 3.8) is 0 Å². The minimum absolute atomic E-state index is 0.187. The largest absolute Gasteiger partial charge is 0.497 e. The molecular weight excluding hydrogens is 434 g/mol. The summed E-state index contributed by atoms with van der Waals surface area (Å²) in [6, 6.07) is -7.38. The van der Waals surface area contributed by atoms with Crippen LogP contribution in [0.15, 0.2) is 48.3 Å². The predicted molar refractivity (Wildman–Crippen MR) is 127 cm³/mol. The van der Waals surface area contributed by atoms with Crippen LogP contribution in [-0.4, -0.2) is 47.6 Å². The Balaban J connectivity index is 1.79. The fourth-order valence-electron chi connectivity index (χ4n) is 3.41. The molecule has 9 heteroatoms. The van der Waals surface area contributed by atoms with Gasteiger partial charge in [-0.25, -0.2) is 4.68 Å². The minimum atomic E-state index is -2.93. The molecule has 3 amide bonds. The van der Waals surface area contributed by atoms with Gasteiger partial charge in [-0.15, -0.1) is 0 Å². The van der Waals surface area contributed by atoms with Crippen LogP contribution in [0.4, 0.5) is 11.4 Å². The van der Waals surface area contributed by atoms with Gasteiger partial charge in [-0.3, -0.25) is 14.4 Å². The molecule has 2 aliphatic heterocycles. The van der Waals surface area contributed by atoms with Gasteiger partial charge in [0.2, 0.25) is 5.91 Å². The van der Waals surface area contributed by atoms with E-state index in [1.165, 1.54) is 0 Å². The van der Waals surface area contributed by atoms with E-state index in [-0.39, 0.29) is 9.80 Å². The van der Waals surface area contributed by atoms with Gasteiger partial charge >= 0.3 is 0 Å². The zero-order chi connectivity index (χ0) is 36.2. The number of nitrogens with zero attached hydrogens (tertiary/aromatic N) is 4. The van der Waals surface area contributed by atoms with E-state index < -0.39 is 144 Å². The van der Waals surface area contributed by atoms with Crippen molar-refractivity contribution in [2.24, 2.45) is 5.73 Å². The van der Waals surface area contributed by atoms with E-state index >= 15 is 0 Å². The Morgan fingerprint density at radius 2 is 1.65 bits per heavy atom. The SMILES string of the molecule is [2H]c1c([2H])c(-n2nc(C(N)=O)c3c2C(=O)N(c2c([2H])c([2H])c(N4C(=O)C([2H])([2H])CCC4([2H])[2H])c([2H])c2[2H])C([2H])([2H])C3)c([2H])c([2H])c1OC. The molecule has 2 aliphatic rings. The van der Waals surface area contributed by atoms with Crippen LogP contribution in [-0.2, 0) is 11.2 Å². The highest BCUT2D eigenvalue weighted by molar-refractivity contribution is 6.09. The molecule has 9 nitrogen and oxygen atoms in total. The Kier molecular flexibility index (Phi) is 2.77. The first-order chi connectivity index (χ1) is 22.0.